The van der Waals surface area contributed by atoms with Crippen LogP contribution in [0.4, 0.5) is 3.89 Å². The Kier molecular flexibility index (Phi) is 3.39. The maximum atomic E-state index is 12.2. The largest absolute Gasteiger partial charge is 0.488 e. The molecule has 7 heteroatoms. The van der Waals surface area contributed by atoms with Crippen molar-refractivity contribution in [1.29, 1.82) is 0 Å². The second-order valence-corrected chi connectivity index (χ2v) is 3.35. The molecule has 1 aromatic rings. The lowest BCUT2D eigenvalue weighted by atomic mass is 10.2. The molecule has 14 heavy (non-hydrogen) atoms. The molecule has 0 bridgehead atoms. The first-order valence-electron chi connectivity index (χ1n) is 3.56. The zero-order valence-electron chi connectivity index (χ0n) is 7.01. The average Bonchev–Trinajstić information content (AvgIpc) is 2.06. The molecule has 0 atom stereocenters. The number of rotatable bonds is 4. The van der Waals surface area contributed by atoms with E-state index in [0.29, 0.717) is 5.56 Å². The summed E-state index contributed by atoms with van der Waals surface area (Å²) in [5.74, 6) is 4.66. The molecular formula is C7H8FNO4S. The van der Waals surface area contributed by atoms with E-state index in [9.17, 15) is 12.3 Å². The van der Waals surface area contributed by atoms with E-state index in [0.717, 1.165) is 0 Å². The van der Waals surface area contributed by atoms with Gasteiger partial charge in [0.2, 0.25) is 0 Å². The van der Waals surface area contributed by atoms with Crippen LogP contribution in [0.3, 0.4) is 0 Å². The van der Waals surface area contributed by atoms with Gasteiger partial charge in [-0.05, 0) is 6.07 Å². The quantitative estimate of drug-likeness (QED) is 0.597. The van der Waals surface area contributed by atoms with E-state index in [1.807, 2.05) is 0 Å². The van der Waals surface area contributed by atoms with Gasteiger partial charge in [0.25, 0.3) is 0 Å². The topological polar surface area (TPSA) is 78.6 Å². The molecule has 5 nitrogen and oxygen atoms in total. The fourth-order valence-electron chi connectivity index (χ4n) is 0.901. The summed E-state index contributed by atoms with van der Waals surface area (Å²) >= 11 is 0. The standard InChI is InChI=1S/C7H8FNO4S/c8-14(10,11)13-7-4-2-1-3-6(7)5-12-9/h1-4H,5,9H2. The van der Waals surface area contributed by atoms with Crippen LogP contribution in [0.25, 0.3) is 0 Å². The second-order valence-electron chi connectivity index (χ2n) is 2.40. The van der Waals surface area contributed by atoms with Crippen molar-refractivity contribution in [2.45, 2.75) is 6.61 Å². The van der Waals surface area contributed by atoms with Gasteiger partial charge in [0.05, 0.1) is 6.61 Å². The molecule has 2 N–H and O–H groups in total. The van der Waals surface area contributed by atoms with Crippen LogP contribution < -0.4 is 10.1 Å². The summed E-state index contributed by atoms with van der Waals surface area (Å²) in [5.41, 5.74) is 0.344. The van der Waals surface area contributed by atoms with Crippen LogP contribution in [-0.4, -0.2) is 8.42 Å². The summed E-state index contributed by atoms with van der Waals surface area (Å²) in [6.07, 6.45) is 0. The summed E-state index contributed by atoms with van der Waals surface area (Å²) in [4.78, 5) is 4.29. The molecule has 0 fully saturated rings. The van der Waals surface area contributed by atoms with Crippen LogP contribution in [0.2, 0.25) is 0 Å². The Balaban J connectivity index is 2.95. The Bertz CT molecular complexity index is 406. The average molecular weight is 221 g/mol. The highest BCUT2D eigenvalue weighted by atomic mass is 32.3. The third-order valence-corrected chi connectivity index (χ3v) is 1.78. The van der Waals surface area contributed by atoms with E-state index in [4.69, 9.17) is 5.90 Å². The molecule has 0 radical (unpaired) electrons. The third kappa shape index (κ3) is 3.29. The summed E-state index contributed by atoms with van der Waals surface area (Å²) in [6.45, 7) is -0.0638. The van der Waals surface area contributed by atoms with Crippen LogP contribution in [-0.2, 0) is 21.9 Å². The van der Waals surface area contributed by atoms with E-state index >= 15 is 0 Å². The molecule has 0 amide bonds. The summed E-state index contributed by atoms with van der Waals surface area (Å²) < 4.78 is 36.6. The van der Waals surface area contributed by atoms with Gasteiger partial charge in [-0.3, -0.25) is 4.84 Å². The van der Waals surface area contributed by atoms with Crippen LogP contribution in [0.15, 0.2) is 24.3 Å². The maximum Gasteiger partial charge on any atom is 0.488 e. The van der Waals surface area contributed by atoms with Crippen molar-refractivity contribution in [3.63, 3.8) is 0 Å². The fourth-order valence-corrected chi connectivity index (χ4v) is 1.28. The minimum absolute atomic E-state index is 0.0638. The molecule has 0 spiro atoms. The van der Waals surface area contributed by atoms with Crippen LogP contribution >= 0.6 is 0 Å². The maximum absolute atomic E-state index is 12.2. The van der Waals surface area contributed by atoms with E-state index in [-0.39, 0.29) is 12.4 Å². The van der Waals surface area contributed by atoms with Gasteiger partial charge in [0.15, 0.2) is 5.75 Å². The highest BCUT2D eigenvalue weighted by Crippen LogP contribution is 2.20. The van der Waals surface area contributed by atoms with E-state index in [2.05, 4.69) is 9.02 Å². The van der Waals surface area contributed by atoms with Gasteiger partial charge < -0.3 is 4.18 Å². The van der Waals surface area contributed by atoms with E-state index in [1.54, 1.807) is 6.07 Å². The van der Waals surface area contributed by atoms with Crippen molar-refractivity contribution in [1.82, 2.24) is 0 Å². The Morgan fingerprint density at radius 2 is 2.00 bits per heavy atom. The normalized spacial score (nSPS) is 11.3. The number of para-hydroxylation sites is 1. The Hall–Kier alpha value is -1.18. The lowest BCUT2D eigenvalue weighted by Crippen LogP contribution is -2.06. The number of halogens is 1. The first-order chi connectivity index (χ1) is 6.53. The molecule has 0 aromatic heterocycles. The molecule has 0 heterocycles. The smallest absolute Gasteiger partial charge is 0.358 e. The van der Waals surface area contributed by atoms with Crippen molar-refractivity contribution in [2.75, 3.05) is 0 Å². The highest BCUT2D eigenvalue weighted by Gasteiger charge is 2.12. The highest BCUT2D eigenvalue weighted by molar-refractivity contribution is 7.81. The molecular weight excluding hydrogens is 213 g/mol. The molecule has 0 aliphatic heterocycles. The lowest BCUT2D eigenvalue weighted by molar-refractivity contribution is 0.123. The van der Waals surface area contributed by atoms with E-state index < -0.39 is 10.5 Å². The van der Waals surface area contributed by atoms with Crippen molar-refractivity contribution < 1.29 is 21.3 Å². The first-order valence-corrected chi connectivity index (χ1v) is 4.87. The monoisotopic (exact) mass is 221 g/mol. The molecule has 0 aliphatic rings. The van der Waals surface area contributed by atoms with Crippen LogP contribution in [0.1, 0.15) is 5.56 Å². The number of hydrogen-bond acceptors (Lipinski definition) is 5. The zero-order chi connectivity index (χ0) is 10.6. The molecule has 1 aromatic carbocycles. The summed E-state index contributed by atoms with van der Waals surface area (Å²) in [5, 5.41) is 0. The molecule has 0 aliphatic carbocycles. The lowest BCUT2D eigenvalue weighted by Gasteiger charge is -2.05. The van der Waals surface area contributed by atoms with Crippen molar-refractivity contribution in [3.05, 3.63) is 29.8 Å². The van der Waals surface area contributed by atoms with Gasteiger partial charge in [-0.2, -0.15) is 8.42 Å². The first kappa shape index (κ1) is 10.9. The Morgan fingerprint density at radius 3 is 2.57 bits per heavy atom. The van der Waals surface area contributed by atoms with Crippen molar-refractivity contribution in [2.24, 2.45) is 5.90 Å². The Labute approximate surface area is 80.6 Å². The van der Waals surface area contributed by atoms with Gasteiger partial charge >= 0.3 is 10.5 Å². The summed E-state index contributed by atoms with van der Waals surface area (Å²) in [6, 6.07) is 5.92. The van der Waals surface area contributed by atoms with Gasteiger partial charge in [-0.25, -0.2) is 5.90 Å². The molecule has 0 saturated carbocycles. The predicted molar refractivity (Wildman–Crippen MR) is 46.1 cm³/mol. The molecule has 0 unspecified atom stereocenters. The zero-order valence-corrected chi connectivity index (χ0v) is 7.83. The molecule has 78 valence electrons. The molecule has 0 saturated heterocycles. The third-order valence-electron chi connectivity index (χ3n) is 1.40. The fraction of sp³-hybridized carbons (Fsp3) is 0.143. The Morgan fingerprint density at radius 1 is 1.36 bits per heavy atom. The van der Waals surface area contributed by atoms with Gasteiger partial charge in [-0.1, -0.05) is 22.1 Å². The minimum Gasteiger partial charge on any atom is -0.358 e. The van der Waals surface area contributed by atoms with Gasteiger partial charge in [0.1, 0.15) is 0 Å². The molecule has 1 rings (SSSR count). The summed E-state index contributed by atoms with van der Waals surface area (Å²) in [7, 11) is -5.01. The SMILES string of the molecule is NOCc1ccccc1OS(=O)(=O)F. The minimum atomic E-state index is -5.01. The van der Waals surface area contributed by atoms with Crippen molar-refractivity contribution in [3.8, 4) is 5.75 Å². The van der Waals surface area contributed by atoms with Gasteiger partial charge in [-0.15, -0.1) is 0 Å². The van der Waals surface area contributed by atoms with Crippen molar-refractivity contribution >= 4 is 10.5 Å². The number of benzene rings is 1. The van der Waals surface area contributed by atoms with Gasteiger partial charge in [0, 0.05) is 5.56 Å². The second kappa shape index (κ2) is 4.36. The number of nitrogens with two attached hydrogens (primary N) is 1. The predicted octanol–water partition coefficient (Wildman–Crippen LogP) is 0.670. The van der Waals surface area contributed by atoms with Crippen LogP contribution in [0.5, 0.6) is 5.75 Å². The number of hydrogen-bond donors (Lipinski definition) is 1. The van der Waals surface area contributed by atoms with E-state index in [1.165, 1.54) is 18.2 Å². The van der Waals surface area contributed by atoms with Crippen LogP contribution in [0, 0.1) is 0 Å².